The van der Waals surface area contributed by atoms with E-state index >= 15 is 0 Å². The minimum Gasteiger partial charge on any atom is -0.480 e. The summed E-state index contributed by atoms with van der Waals surface area (Å²) < 4.78 is 0. The van der Waals surface area contributed by atoms with Gasteiger partial charge in [0.15, 0.2) is 5.96 Å². The molecule has 2 aromatic carbocycles. The van der Waals surface area contributed by atoms with Gasteiger partial charge in [0.2, 0.25) is 11.8 Å². The lowest BCUT2D eigenvalue weighted by molar-refractivity contribution is -0.142. The van der Waals surface area contributed by atoms with Crippen LogP contribution in [0.5, 0.6) is 0 Å². The fourth-order valence-electron chi connectivity index (χ4n) is 3.98. The van der Waals surface area contributed by atoms with E-state index in [1.54, 1.807) is 30.5 Å². The Kier molecular flexibility index (Phi) is 9.61. The summed E-state index contributed by atoms with van der Waals surface area (Å²) in [7, 11) is 0. The van der Waals surface area contributed by atoms with Crippen molar-refractivity contribution in [2.75, 3.05) is 6.54 Å². The van der Waals surface area contributed by atoms with Gasteiger partial charge in [-0.2, -0.15) is 0 Å². The van der Waals surface area contributed by atoms with Crippen molar-refractivity contribution in [3.05, 3.63) is 71.9 Å². The van der Waals surface area contributed by atoms with E-state index < -0.39 is 35.9 Å². The zero-order valence-electron chi connectivity index (χ0n) is 20.4. The summed E-state index contributed by atoms with van der Waals surface area (Å²) in [6.07, 6.45) is 2.78. The molecule has 196 valence electrons. The van der Waals surface area contributed by atoms with Gasteiger partial charge in [-0.05, 0) is 30.0 Å². The number of fused-ring (bicyclic) bond motifs is 1. The highest BCUT2D eigenvalue weighted by Crippen LogP contribution is 2.19. The number of carbonyl (C=O) groups excluding carboxylic acids is 2. The summed E-state index contributed by atoms with van der Waals surface area (Å²) in [6.45, 7) is 0.322. The average molecular weight is 508 g/mol. The number of carbonyl (C=O) groups is 3. The van der Waals surface area contributed by atoms with Crippen molar-refractivity contribution < 1.29 is 19.5 Å². The van der Waals surface area contributed by atoms with Crippen LogP contribution < -0.4 is 27.8 Å². The number of amides is 2. The fourth-order valence-corrected chi connectivity index (χ4v) is 3.98. The van der Waals surface area contributed by atoms with Crippen molar-refractivity contribution in [2.24, 2.45) is 22.2 Å². The molecular formula is C26H33N7O4. The van der Waals surface area contributed by atoms with Gasteiger partial charge >= 0.3 is 5.97 Å². The number of aliphatic carboxylic acids is 1. The smallest absolute Gasteiger partial charge is 0.326 e. The molecule has 1 aromatic heterocycles. The van der Waals surface area contributed by atoms with Gasteiger partial charge in [0, 0.05) is 36.5 Å². The molecule has 0 saturated heterocycles. The Morgan fingerprint density at radius 1 is 0.919 bits per heavy atom. The second kappa shape index (κ2) is 13.1. The van der Waals surface area contributed by atoms with E-state index in [9.17, 15) is 19.5 Å². The van der Waals surface area contributed by atoms with Crippen LogP contribution in [0.25, 0.3) is 10.9 Å². The number of carboxylic acid groups (broad SMARTS) is 1. The monoisotopic (exact) mass is 507 g/mol. The van der Waals surface area contributed by atoms with Gasteiger partial charge in [-0.3, -0.25) is 14.6 Å². The number of benzene rings is 2. The number of aliphatic imine (C=N–C) groups is 1. The number of guanidine groups is 1. The van der Waals surface area contributed by atoms with E-state index in [4.69, 9.17) is 17.2 Å². The number of hydrogen-bond donors (Lipinski definition) is 7. The van der Waals surface area contributed by atoms with Crippen LogP contribution in [0.15, 0.2) is 65.8 Å². The minimum atomic E-state index is -1.18. The van der Waals surface area contributed by atoms with Crippen molar-refractivity contribution in [3.8, 4) is 0 Å². The van der Waals surface area contributed by atoms with E-state index in [1.165, 1.54) is 0 Å². The first-order valence-corrected chi connectivity index (χ1v) is 12.0. The molecule has 11 nitrogen and oxygen atoms in total. The first-order chi connectivity index (χ1) is 17.7. The zero-order chi connectivity index (χ0) is 26.8. The maximum atomic E-state index is 13.3. The number of aromatic nitrogens is 1. The Hall–Kier alpha value is -4.38. The van der Waals surface area contributed by atoms with Crippen LogP contribution >= 0.6 is 0 Å². The number of rotatable bonds is 13. The number of nitrogens with two attached hydrogens (primary N) is 3. The van der Waals surface area contributed by atoms with Crippen molar-refractivity contribution in [3.63, 3.8) is 0 Å². The lowest BCUT2D eigenvalue weighted by atomic mass is 10.0. The SMILES string of the molecule is NC(N)=NCCC[C@@H](N)C(=O)N[C@H](Cc1c[nH]c2ccccc12)C(=O)N[C@@H](Cc1ccccc1)C(=O)O. The molecule has 0 radical (unpaired) electrons. The largest absolute Gasteiger partial charge is 0.480 e. The van der Waals surface area contributed by atoms with E-state index in [-0.39, 0.29) is 18.8 Å². The van der Waals surface area contributed by atoms with Gasteiger partial charge in [-0.1, -0.05) is 48.5 Å². The standard InChI is InChI=1S/C26H33N7O4/c27-19(10-6-12-30-26(28)29)23(34)32-21(14-17-15-31-20-11-5-4-9-18(17)20)24(35)33-22(25(36)37)13-16-7-2-1-3-8-16/h1-5,7-9,11,15,19,21-22,31H,6,10,12-14,27H2,(H,32,34)(H,33,35)(H,36,37)(H4,28,29,30)/t19-,21-,22+/m1/s1. The molecule has 11 heteroatoms. The molecule has 37 heavy (non-hydrogen) atoms. The molecule has 1 heterocycles. The maximum absolute atomic E-state index is 13.3. The number of nitrogens with zero attached hydrogens (tertiary/aromatic N) is 1. The van der Waals surface area contributed by atoms with Crippen molar-refractivity contribution >= 4 is 34.6 Å². The highest BCUT2D eigenvalue weighted by molar-refractivity contribution is 5.93. The summed E-state index contributed by atoms with van der Waals surface area (Å²) in [6, 6.07) is 13.4. The first-order valence-electron chi connectivity index (χ1n) is 12.0. The number of aromatic amines is 1. The molecule has 3 rings (SSSR count). The lowest BCUT2D eigenvalue weighted by Gasteiger charge is -2.23. The Morgan fingerprint density at radius 3 is 2.30 bits per heavy atom. The van der Waals surface area contributed by atoms with E-state index in [0.717, 1.165) is 22.0 Å². The van der Waals surface area contributed by atoms with Crippen LogP contribution in [0.1, 0.15) is 24.0 Å². The summed E-state index contributed by atoms with van der Waals surface area (Å²) in [5, 5.41) is 15.9. The van der Waals surface area contributed by atoms with Crippen LogP contribution in [0.2, 0.25) is 0 Å². The Bertz CT molecular complexity index is 1240. The van der Waals surface area contributed by atoms with Gasteiger partial charge in [-0.15, -0.1) is 0 Å². The second-order valence-corrected chi connectivity index (χ2v) is 8.77. The summed E-state index contributed by atoms with van der Waals surface area (Å²) in [5.41, 5.74) is 19.1. The third-order valence-corrected chi connectivity index (χ3v) is 5.93. The van der Waals surface area contributed by atoms with E-state index in [0.29, 0.717) is 19.4 Å². The fraction of sp³-hybridized carbons (Fsp3) is 0.308. The average Bonchev–Trinajstić information content (AvgIpc) is 3.28. The first kappa shape index (κ1) is 27.2. The molecule has 0 spiro atoms. The lowest BCUT2D eigenvalue weighted by Crippen LogP contribution is -2.55. The number of nitrogens with one attached hydrogen (secondary N) is 3. The third-order valence-electron chi connectivity index (χ3n) is 5.93. The third kappa shape index (κ3) is 8.07. The predicted octanol–water partition coefficient (Wildman–Crippen LogP) is 0.388. The molecular weight excluding hydrogens is 474 g/mol. The van der Waals surface area contributed by atoms with Crippen LogP contribution in [0.4, 0.5) is 0 Å². The van der Waals surface area contributed by atoms with Gasteiger partial charge in [0.25, 0.3) is 0 Å². The molecule has 0 bridgehead atoms. The van der Waals surface area contributed by atoms with Crippen molar-refractivity contribution in [2.45, 2.75) is 43.8 Å². The molecule has 3 atom stereocenters. The normalized spacial score (nSPS) is 13.3. The van der Waals surface area contributed by atoms with Crippen LogP contribution in [0.3, 0.4) is 0 Å². The van der Waals surface area contributed by atoms with Crippen molar-refractivity contribution in [1.82, 2.24) is 15.6 Å². The molecule has 10 N–H and O–H groups in total. The Labute approximate surface area is 214 Å². The van der Waals surface area contributed by atoms with Gasteiger partial charge < -0.3 is 37.9 Å². The molecule has 0 aliphatic carbocycles. The van der Waals surface area contributed by atoms with E-state index in [2.05, 4.69) is 20.6 Å². The predicted molar refractivity (Wildman–Crippen MR) is 142 cm³/mol. The molecule has 2 amide bonds. The number of hydrogen-bond acceptors (Lipinski definition) is 5. The topological polar surface area (TPSA) is 202 Å². The van der Waals surface area contributed by atoms with Crippen LogP contribution in [-0.4, -0.2) is 58.5 Å². The minimum absolute atomic E-state index is 0.0445. The highest BCUT2D eigenvalue weighted by Gasteiger charge is 2.29. The van der Waals surface area contributed by atoms with Crippen molar-refractivity contribution in [1.29, 1.82) is 0 Å². The Balaban J connectivity index is 1.75. The van der Waals surface area contributed by atoms with E-state index in [1.807, 2.05) is 30.3 Å². The quantitative estimate of drug-likeness (QED) is 0.0984. The molecule has 0 aliphatic heterocycles. The summed E-state index contributed by atoms with van der Waals surface area (Å²) in [5.74, 6) is -2.36. The summed E-state index contributed by atoms with van der Waals surface area (Å²) >= 11 is 0. The van der Waals surface area contributed by atoms with Gasteiger partial charge in [-0.25, -0.2) is 4.79 Å². The molecule has 0 aliphatic rings. The molecule has 3 aromatic rings. The number of para-hydroxylation sites is 1. The maximum Gasteiger partial charge on any atom is 0.326 e. The van der Waals surface area contributed by atoms with Crippen LogP contribution in [-0.2, 0) is 27.2 Å². The molecule has 0 fully saturated rings. The summed E-state index contributed by atoms with van der Waals surface area (Å²) in [4.78, 5) is 45.1. The number of H-pyrrole nitrogens is 1. The highest BCUT2D eigenvalue weighted by atomic mass is 16.4. The zero-order valence-corrected chi connectivity index (χ0v) is 20.4. The second-order valence-electron chi connectivity index (χ2n) is 8.77. The van der Waals surface area contributed by atoms with Crippen LogP contribution in [0, 0.1) is 0 Å². The molecule has 0 saturated carbocycles. The van der Waals surface area contributed by atoms with Gasteiger partial charge in [0.05, 0.1) is 6.04 Å². The Morgan fingerprint density at radius 2 is 1.59 bits per heavy atom. The van der Waals surface area contributed by atoms with Gasteiger partial charge in [0.1, 0.15) is 12.1 Å². The molecule has 0 unspecified atom stereocenters. The number of carboxylic acids is 1.